The summed E-state index contributed by atoms with van der Waals surface area (Å²) in [6, 6.07) is 0.816. The van der Waals surface area contributed by atoms with E-state index in [1.807, 2.05) is 0 Å². The molecule has 0 saturated heterocycles. The molecule has 0 bridgehead atoms. The SMILES string of the molecule is COc1cc(F)c(F)c(CCCN)c1O. The molecular formula is C10H13F2NO2. The Labute approximate surface area is 86.5 Å². The highest BCUT2D eigenvalue weighted by molar-refractivity contribution is 5.46. The molecule has 1 rings (SSSR count). The maximum atomic E-state index is 13.3. The lowest BCUT2D eigenvalue weighted by Crippen LogP contribution is -2.04. The monoisotopic (exact) mass is 217 g/mol. The van der Waals surface area contributed by atoms with Crippen molar-refractivity contribution in [3.63, 3.8) is 0 Å². The molecule has 0 saturated carbocycles. The van der Waals surface area contributed by atoms with Crippen molar-refractivity contribution in [3.8, 4) is 11.5 Å². The van der Waals surface area contributed by atoms with E-state index in [0.717, 1.165) is 6.07 Å². The van der Waals surface area contributed by atoms with Gasteiger partial charge in [-0.05, 0) is 19.4 Å². The summed E-state index contributed by atoms with van der Waals surface area (Å²) in [5, 5.41) is 9.55. The number of aromatic hydroxyl groups is 1. The number of benzene rings is 1. The Kier molecular flexibility index (Phi) is 3.85. The van der Waals surface area contributed by atoms with Crippen LogP contribution in [0.4, 0.5) is 8.78 Å². The van der Waals surface area contributed by atoms with E-state index < -0.39 is 11.6 Å². The average Bonchev–Trinajstić information content (AvgIpc) is 2.23. The number of rotatable bonds is 4. The number of hydrogen-bond acceptors (Lipinski definition) is 3. The van der Waals surface area contributed by atoms with Crippen LogP contribution in [0.25, 0.3) is 0 Å². The van der Waals surface area contributed by atoms with Gasteiger partial charge in [0.05, 0.1) is 7.11 Å². The summed E-state index contributed by atoms with van der Waals surface area (Å²) in [5.41, 5.74) is 5.17. The summed E-state index contributed by atoms with van der Waals surface area (Å²) >= 11 is 0. The third-order valence-corrected chi connectivity index (χ3v) is 2.10. The first-order valence-corrected chi connectivity index (χ1v) is 4.55. The maximum Gasteiger partial charge on any atom is 0.165 e. The predicted octanol–water partition coefficient (Wildman–Crippen LogP) is 1.57. The fourth-order valence-corrected chi connectivity index (χ4v) is 1.31. The Hall–Kier alpha value is -1.36. The first kappa shape index (κ1) is 11.7. The molecule has 5 heteroatoms. The van der Waals surface area contributed by atoms with Gasteiger partial charge in [0.15, 0.2) is 23.1 Å². The molecule has 0 amide bonds. The molecule has 0 aliphatic heterocycles. The number of halogens is 2. The van der Waals surface area contributed by atoms with Crippen molar-refractivity contribution >= 4 is 0 Å². The van der Waals surface area contributed by atoms with Gasteiger partial charge in [-0.25, -0.2) is 8.78 Å². The van der Waals surface area contributed by atoms with Gasteiger partial charge in [0.2, 0.25) is 0 Å². The lowest BCUT2D eigenvalue weighted by molar-refractivity contribution is 0.359. The van der Waals surface area contributed by atoms with Gasteiger partial charge in [-0.2, -0.15) is 0 Å². The molecule has 0 fully saturated rings. The van der Waals surface area contributed by atoms with E-state index in [9.17, 15) is 13.9 Å². The molecule has 15 heavy (non-hydrogen) atoms. The maximum absolute atomic E-state index is 13.3. The average molecular weight is 217 g/mol. The molecule has 0 spiro atoms. The molecule has 1 aromatic carbocycles. The molecule has 3 nitrogen and oxygen atoms in total. The summed E-state index contributed by atoms with van der Waals surface area (Å²) in [6.07, 6.45) is 0.652. The van der Waals surface area contributed by atoms with Gasteiger partial charge >= 0.3 is 0 Å². The van der Waals surface area contributed by atoms with Crippen LogP contribution in [0.15, 0.2) is 6.07 Å². The van der Waals surface area contributed by atoms with Crippen molar-refractivity contribution in [1.82, 2.24) is 0 Å². The van der Waals surface area contributed by atoms with E-state index in [1.165, 1.54) is 7.11 Å². The lowest BCUT2D eigenvalue weighted by atomic mass is 10.1. The predicted molar refractivity (Wildman–Crippen MR) is 52.0 cm³/mol. The van der Waals surface area contributed by atoms with Crippen molar-refractivity contribution in [2.75, 3.05) is 13.7 Å². The van der Waals surface area contributed by atoms with Crippen LogP contribution in [0.2, 0.25) is 0 Å². The van der Waals surface area contributed by atoms with Crippen LogP contribution in [0, 0.1) is 11.6 Å². The standard InChI is InChI=1S/C10H13F2NO2/c1-15-8-5-7(11)9(12)6(10(8)14)3-2-4-13/h5,14H,2-4,13H2,1H3. The Balaban J connectivity index is 3.15. The van der Waals surface area contributed by atoms with E-state index >= 15 is 0 Å². The largest absolute Gasteiger partial charge is 0.504 e. The Morgan fingerprint density at radius 1 is 1.47 bits per heavy atom. The van der Waals surface area contributed by atoms with Gasteiger partial charge in [-0.15, -0.1) is 0 Å². The topological polar surface area (TPSA) is 55.5 Å². The van der Waals surface area contributed by atoms with Crippen molar-refractivity contribution in [2.24, 2.45) is 5.73 Å². The first-order valence-electron chi connectivity index (χ1n) is 4.55. The molecule has 0 heterocycles. The highest BCUT2D eigenvalue weighted by Gasteiger charge is 2.17. The van der Waals surface area contributed by atoms with Crippen molar-refractivity contribution in [3.05, 3.63) is 23.3 Å². The van der Waals surface area contributed by atoms with Gasteiger partial charge in [0.25, 0.3) is 0 Å². The Morgan fingerprint density at radius 3 is 2.67 bits per heavy atom. The molecule has 84 valence electrons. The van der Waals surface area contributed by atoms with Crippen LogP contribution in [0.5, 0.6) is 11.5 Å². The molecule has 1 aromatic rings. The second-order valence-electron chi connectivity index (χ2n) is 3.09. The van der Waals surface area contributed by atoms with E-state index in [1.54, 1.807) is 0 Å². The van der Waals surface area contributed by atoms with E-state index in [-0.39, 0.29) is 23.5 Å². The molecule has 0 unspecified atom stereocenters. The minimum absolute atomic E-state index is 0.0686. The van der Waals surface area contributed by atoms with Crippen LogP contribution < -0.4 is 10.5 Å². The lowest BCUT2D eigenvalue weighted by Gasteiger charge is -2.10. The molecule has 0 atom stereocenters. The van der Waals surface area contributed by atoms with Gasteiger partial charge in [0.1, 0.15) is 0 Å². The summed E-state index contributed by atoms with van der Waals surface area (Å²) in [4.78, 5) is 0. The van der Waals surface area contributed by atoms with Crippen LogP contribution in [-0.4, -0.2) is 18.8 Å². The normalized spacial score (nSPS) is 10.4. The van der Waals surface area contributed by atoms with Gasteiger partial charge in [-0.1, -0.05) is 0 Å². The third kappa shape index (κ3) is 2.36. The second kappa shape index (κ2) is 4.93. The second-order valence-corrected chi connectivity index (χ2v) is 3.09. The number of nitrogens with two attached hydrogens (primary N) is 1. The van der Waals surface area contributed by atoms with E-state index in [4.69, 9.17) is 10.5 Å². The molecule has 0 aliphatic carbocycles. The van der Waals surface area contributed by atoms with Crippen molar-refractivity contribution in [2.45, 2.75) is 12.8 Å². The van der Waals surface area contributed by atoms with Crippen molar-refractivity contribution < 1.29 is 18.6 Å². The third-order valence-electron chi connectivity index (χ3n) is 2.10. The number of phenolic OH excluding ortho intramolecular Hbond substituents is 1. The van der Waals surface area contributed by atoms with Gasteiger partial charge in [0, 0.05) is 11.6 Å². The Bertz CT molecular complexity index is 356. The summed E-state index contributed by atoms with van der Waals surface area (Å²) < 4.78 is 31.0. The summed E-state index contributed by atoms with van der Waals surface area (Å²) in [6.45, 7) is 0.345. The van der Waals surface area contributed by atoms with E-state index in [0.29, 0.717) is 13.0 Å². The minimum Gasteiger partial charge on any atom is -0.504 e. The van der Waals surface area contributed by atoms with Crippen LogP contribution in [0.3, 0.4) is 0 Å². The highest BCUT2D eigenvalue weighted by Crippen LogP contribution is 2.34. The zero-order valence-electron chi connectivity index (χ0n) is 8.39. The zero-order valence-corrected chi connectivity index (χ0v) is 8.39. The van der Waals surface area contributed by atoms with Crippen LogP contribution >= 0.6 is 0 Å². The van der Waals surface area contributed by atoms with Gasteiger partial charge in [-0.3, -0.25) is 0 Å². The summed E-state index contributed by atoms with van der Waals surface area (Å²) in [7, 11) is 1.28. The van der Waals surface area contributed by atoms with Gasteiger partial charge < -0.3 is 15.6 Å². The number of hydrogen-bond donors (Lipinski definition) is 2. The minimum atomic E-state index is -1.04. The number of methoxy groups -OCH3 is 1. The fraction of sp³-hybridized carbons (Fsp3) is 0.400. The fourth-order valence-electron chi connectivity index (χ4n) is 1.31. The number of phenols is 1. The molecule has 0 aromatic heterocycles. The Morgan fingerprint density at radius 2 is 2.13 bits per heavy atom. The number of ether oxygens (including phenoxy) is 1. The van der Waals surface area contributed by atoms with Crippen LogP contribution in [0.1, 0.15) is 12.0 Å². The highest BCUT2D eigenvalue weighted by atomic mass is 19.2. The quantitative estimate of drug-likeness (QED) is 0.804. The van der Waals surface area contributed by atoms with E-state index in [2.05, 4.69) is 0 Å². The molecular weight excluding hydrogens is 204 g/mol. The zero-order chi connectivity index (χ0) is 11.4. The smallest absolute Gasteiger partial charge is 0.165 e. The molecule has 3 N–H and O–H groups in total. The first-order chi connectivity index (χ1) is 7.11. The summed E-state index contributed by atoms with van der Waals surface area (Å²) in [5.74, 6) is -2.50. The van der Waals surface area contributed by atoms with Crippen molar-refractivity contribution in [1.29, 1.82) is 0 Å². The molecule has 0 aliphatic rings. The van der Waals surface area contributed by atoms with Crippen LogP contribution in [-0.2, 0) is 6.42 Å². The molecule has 0 radical (unpaired) electrons.